The molecule has 0 unspecified atom stereocenters. The number of hydrogen-bond acceptors (Lipinski definition) is 0. The molecular formula is C32H26. The van der Waals surface area contributed by atoms with Gasteiger partial charge in [-0.2, -0.15) is 0 Å². The topological polar surface area (TPSA) is 0 Å². The fourth-order valence-corrected chi connectivity index (χ4v) is 4.24. The zero-order valence-electron chi connectivity index (χ0n) is 18.1. The molecule has 0 saturated carbocycles. The minimum atomic E-state index is 0.959. The molecule has 0 aliphatic rings. The molecule has 5 aromatic carbocycles. The molecule has 32 heavy (non-hydrogen) atoms. The van der Waals surface area contributed by atoms with Crippen molar-refractivity contribution in [3.63, 3.8) is 0 Å². The van der Waals surface area contributed by atoms with Crippen LogP contribution in [-0.2, 0) is 12.8 Å². The summed E-state index contributed by atoms with van der Waals surface area (Å²) in [7, 11) is 0. The van der Waals surface area contributed by atoms with E-state index in [0.717, 1.165) is 12.8 Å². The molecule has 0 radical (unpaired) electrons. The summed E-state index contributed by atoms with van der Waals surface area (Å²) in [6, 6.07) is 48.0. The van der Waals surface area contributed by atoms with E-state index in [-0.39, 0.29) is 0 Å². The van der Waals surface area contributed by atoms with Gasteiger partial charge in [-0.25, -0.2) is 0 Å². The van der Waals surface area contributed by atoms with Crippen LogP contribution in [0.25, 0.3) is 22.3 Å². The van der Waals surface area contributed by atoms with Crippen LogP contribution in [0.5, 0.6) is 0 Å². The third kappa shape index (κ3) is 4.87. The molecule has 0 bridgehead atoms. The standard InChI is InChI=1S/C32H26/c1-3-9-25(10-4-1)21-27-13-7-15-31(23-27)29-17-19-30(20-18-29)32-16-8-14-28(24-32)22-26-11-5-2-6-12-26/h1-20,23-24H,21-22H2. The third-order valence-corrected chi connectivity index (χ3v) is 5.91. The van der Waals surface area contributed by atoms with Gasteiger partial charge in [0.05, 0.1) is 0 Å². The van der Waals surface area contributed by atoms with Crippen LogP contribution in [0.4, 0.5) is 0 Å². The summed E-state index contributed by atoms with van der Waals surface area (Å²) in [5.74, 6) is 0. The van der Waals surface area contributed by atoms with Gasteiger partial charge in [0.1, 0.15) is 0 Å². The molecule has 0 aliphatic heterocycles. The summed E-state index contributed by atoms with van der Waals surface area (Å²) in [5.41, 5.74) is 10.4. The molecule has 154 valence electrons. The smallest absolute Gasteiger partial charge is 0.00256 e. The average molecular weight is 411 g/mol. The highest BCUT2D eigenvalue weighted by Gasteiger charge is 2.04. The van der Waals surface area contributed by atoms with Gasteiger partial charge in [0.2, 0.25) is 0 Å². The summed E-state index contributed by atoms with van der Waals surface area (Å²) in [4.78, 5) is 0. The number of hydrogen-bond donors (Lipinski definition) is 0. The van der Waals surface area contributed by atoms with Crippen molar-refractivity contribution in [1.82, 2.24) is 0 Å². The predicted octanol–water partition coefficient (Wildman–Crippen LogP) is 8.20. The molecule has 0 atom stereocenters. The summed E-state index contributed by atoms with van der Waals surface area (Å²) >= 11 is 0. The maximum Gasteiger partial charge on any atom is -0.00256 e. The first kappa shape index (κ1) is 20.0. The lowest BCUT2D eigenvalue weighted by atomic mass is 9.96. The first-order valence-electron chi connectivity index (χ1n) is 11.2. The second kappa shape index (κ2) is 9.49. The number of benzene rings is 5. The molecule has 0 saturated heterocycles. The molecule has 0 fully saturated rings. The van der Waals surface area contributed by atoms with Crippen molar-refractivity contribution in [1.29, 1.82) is 0 Å². The van der Waals surface area contributed by atoms with E-state index < -0.39 is 0 Å². The van der Waals surface area contributed by atoms with Gasteiger partial charge in [0, 0.05) is 0 Å². The van der Waals surface area contributed by atoms with Crippen LogP contribution in [0, 0.1) is 0 Å². The van der Waals surface area contributed by atoms with E-state index in [2.05, 4.69) is 133 Å². The molecule has 5 rings (SSSR count). The second-order valence-corrected chi connectivity index (χ2v) is 8.30. The Morgan fingerprint density at radius 3 is 1.06 bits per heavy atom. The summed E-state index contributed by atoms with van der Waals surface area (Å²) in [6.07, 6.45) is 1.92. The Morgan fingerprint density at radius 2 is 0.656 bits per heavy atom. The lowest BCUT2D eigenvalue weighted by Crippen LogP contribution is -1.89. The molecular weight excluding hydrogens is 384 g/mol. The van der Waals surface area contributed by atoms with Crippen LogP contribution in [-0.4, -0.2) is 0 Å². The lowest BCUT2D eigenvalue weighted by molar-refractivity contribution is 1.19. The van der Waals surface area contributed by atoms with Crippen molar-refractivity contribution in [3.05, 3.63) is 156 Å². The predicted molar refractivity (Wildman–Crippen MR) is 136 cm³/mol. The fraction of sp³-hybridized carbons (Fsp3) is 0.0625. The van der Waals surface area contributed by atoms with E-state index in [0.29, 0.717) is 0 Å². The van der Waals surface area contributed by atoms with E-state index in [9.17, 15) is 0 Å². The van der Waals surface area contributed by atoms with E-state index in [1.165, 1.54) is 44.5 Å². The largest absolute Gasteiger partial charge is 0.0622 e. The van der Waals surface area contributed by atoms with Crippen LogP contribution >= 0.6 is 0 Å². The summed E-state index contributed by atoms with van der Waals surface area (Å²) < 4.78 is 0. The zero-order chi connectivity index (χ0) is 21.6. The van der Waals surface area contributed by atoms with Gasteiger partial charge in [0.15, 0.2) is 0 Å². The van der Waals surface area contributed by atoms with Gasteiger partial charge in [-0.05, 0) is 57.3 Å². The molecule has 0 heteroatoms. The van der Waals surface area contributed by atoms with Crippen molar-refractivity contribution < 1.29 is 0 Å². The van der Waals surface area contributed by atoms with Crippen LogP contribution < -0.4 is 0 Å². The van der Waals surface area contributed by atoms with E-state index in [1.54, 1.807) is 0 Å². The van der Waals surface area contributed by atoms with Crippen molar-refractivity contribution >= 4 is 0 Å². The first-order valence-corrected chi connectivity index (χ1v) is 11.2. The first-order chi connectivity index (χ1) is 15.8. The molecule has 0 aromatic heterocycles. The normalized spacial score (nSPS) is 10.8. The van der Waals surface area contributed by atoms with E-state index in [1.807, 2.05) is 0 Å². The molecule has 0 spiro atoms. The highest BCUT2D eigenvalue weighted by Crippen LogP contribution is 2.27. The van der Waals surface area contributed by atoms with Crippen molar-refractivity contribution in [3.8, 4) is 22.3 Å². The van der Waals surface area contributed by atoms with Crippen molar-refractivity contribution in [2.24, 2.45) is 0 Å². The third-order valence-electron chi connectivity index (χ3n) is 5.91. The maximum absolute atomic E-state index is 2.31. The quantitative estimate of drug-likeness (QED) is 0.265. The van der Waals surface area contributed by atoms with Gasteiger partial charge in [-0.3, -0.25) is 0 Å². The van der Waals surface area contributed by atoms with Crippen LogP contribution in [0.1, 0.15) is 22.3 Å². The Morgan fingerprint density at radius 1 is 0.281 bits per heavy atom. The average Bonchev–Trinajstić information content (AvgIpc) is 2.86. The minimum Gasteiger partial charge on any atom is -0.0622 e. The molecule has 5 aromatic rings. The van der Waals surface area contributed by atoms with Crippen molar-refractivity contribution in [2.75, 3.05) is 0 Å². The number of rotatable bonds is 6. The Labute approximate surface area is 190 Å². The molecule has 0 amide bonds. The fourth-order valence-electron chi connectivity index (χ4n) is 4.24. The van der Waals surface area contributed by atoms with Crippen LogP contribution in [0.3, 0.4) is 0 Å². The zero-order valence-corrected chi connectivity index (χ0v) is 18.1. The molecule has 0 heterocycles. The van der Waals surface area contributed by atoms with E-state index in [4.69, 9.17) is 0 Å². The van der Waals surface area contributed by atoms with Crippen molar-refractivity contribution in [2.45, 2.75) is 12.8 Å². The Kier molecular flexibility index (Phi) is 5.94. The van der Waals surface area contributed by atoms with E-state index >= 15 is 0 Å². The summed E-state index contributed by atoms with van der Waals surface area (Å²) in [6.45, 7) is 0. The van der Waals surface area contributed by atoms with Crippen LogP contribution in [0.2, 0.25) is 0 Å². The van der Waals surface area contributed by atoms with Gasteiger partial charge >= 0.3 is 0 Å². The van der Waals surface area contributed by atoms with Gasteiger partial charge in [-0.1, -0.05) is 133 Å². The molecule has 0 nitrogen and oxygen atoms in total. The lowest BCUT2D eigenvalue weighted by Gasteiger charge is -2.09. The Bertz CT molecular complexity index is 1180. The molecule has 0 N–H and O–H groups in total. The Hall–Kier alpha value is -3.90. The second-order valence-electron chi connectivity index (χ2n) is 8.30. The maximum atomic E-state index is 2.31. The minimum absolute atomic E-state index is 0.959. The van der Waals surface area contributed by atoms with Gasteiger partial charge < -0.3 is 0 Å². The highest BCUT2D eigenvalue weighted by atomic mass is 14.1. The monoisotopic (exact) mass is 410 g/mol. The molecule has 0 aliphatic carbocycles. The highest BCUT2D eigenvalue weighted by molar-refractivity contribution is 5.71. The van der Waals surface area contributed by atoms with Gasteiger partial charge in [0.25, 0.3) is 0 Å². The summed E-state index contributed by atoms with van der Waals surface area (Å²) in [5, 5.41) is 0. The Balaban J connectivity index is 1.35. The van der Waals surface area contributed by atoms with Gasteiger partial charge in [-0.15, -0.1) is 0 Å². The SMILES string of the molecule is c1ccc(Cc2cccc(-c3ccc(-c4cccc(Cc5ccccc5)c4)cc3)c2)cc1. The van der Waals surface area contributed by atoms with Crippen LogP contribution in [0.15, 0.2) is 133 Å².